The van der Waals surface area contributed by atoms with Gasteiger partial charge in [-0.1, -0.05) is 20.3 Å². The van der Waals surface area contributed by atoms with Crippen molar-refractivity contribution in [2.45, 2.75) is 58.4 Å². The Hall–Kier alpha value is -0.570. The van der Waals surface area contributed by atoms with Crippen LogP contribution in [-0.4, -0.2) is 29.9 Å². The summed E-state index contributed by atoms with van der Waals surface area (Å²) in [4.78, 5) is 14.2. The highest BCUT2D eigenvalue weighted by atomic mass is 16.2. The molecule has 2 atom stereocenters. The molecule has 0 aromatic rings. The Bertz CT molecular complexity index is 278. The second-order valence-corrected chi connectivity index (χ2v) is 6.60. The molecule has 3 heteroatoms. The highest BCUT2D eigenvalue weighted by molar-refractivity contribution is 5.76. The van der Waals surface area contributed by atoms with Crippen molar-refractivity contribution in [2.24, 2.45) is 17.1 Å². The number of amides is 1. The summed E-state index contributed by atoms with van der Waals surface area (Å²) in [7, 11) is 0. The first kappa shape index (κ1) is 12.9. The van der Waals surface area contributed by atoms with Gasteiger partial charge in [-0.2, -0.15) is 0 Å². The van der Waals surface area contributed by atoms with E-state index in [0.29, 0.717) is 23.7 Å². The number of rotatable bonds is 2. The average Bonchev–Trinajstić information content (AvgIpc) is 2.64. The number of carbonyl (C=O) groups is 1. The van der Waals surface area contributed by atoms with Crippen LogP contribution >= 0.6 is 0 Å². The SMILES string of the molecule is CC1(C)CCN(C(=O)C[C@@H]2CCC[C@H]2N)CC1. The molecule has 1 saturated heterocycles. The van der Waals surface area contributed by atoms with E-state index < -0.39 is 0 Å². The van der Waals surface area contributed by atoms with Crippen molar-refractivity contribution in [3.63, 3.8) is 0 Å². The molecule has 1 heterocycles. The molecule has 1 aliphatic heterocycles. The molecule has 2 fully saturated rings. The Morgan fingerprint density at radius 2 is 1.94 bits per heavy atom. The van der Waals surface area contributed by atoms with Crippen LogP contribution in [0.2, 0.25) is 0 Å². The van der Waals surface area contributed by atoms with Crippen LogP contribution in [0.4, 0.5) is 0 Å². The molecule has 0 unspecified atom stereocenters. The molecular weight excluding hydrogens is 212 g/mol. The van der Waals surface area contributed by atoms with E-state index in [1.807, 2.05) is 0 Å². The van der Waals surface area contributed by atoms with Crippen LogP contribution in [0, 0.1) is 11.3 Å². The Balaban J connectivity index is 1.81. The molecule has 0 aromatic carbocycles. The topological polar surface area (TPSA) is 46.3 Å². The molecule has 17 heavy (non-hydrogen) atoms. The van der Waals surface area contributed by atoms with Gasteiger partial charge in [-0.15, -0.1) is 0 Å². The monoisotopic (exact) mass is 238 g/mol. The zero-order valence-electron chi connectivity index (χ0n) is 11.2. The molecule has 0 bridgehead atoms. The molecule has 2 rings (SSSR count). The van der Waals surface area contributed by atoms with E-state index in [1.54, 1.807) is 0 Å². The van der Waals surface area contributed by atoms with Gasteiger partial charge in [0, 0.05) is 25.6 Å². The summed E-state index contributed by atoms with van der Waals surface area (Å²) in [6.45, 7) is 6.46. The minimum absolute atomic E-state index is 0.264. The van der Waals surface area contributed by atoms with Crippen LogP contribution in [0.5, 0.6) is 0 Å². The quantitative estimate of drug-likeness (QED) is 0.801. The van der Waals surface area contributed by atoms with Gasteiger partial charge in [0.25, 0.3) is 0 Å². The summed E-state index contributed by atoms with van der Waals surface area (Å²) in [5, 5.41) is 0. The predicted molar refractivity (Wildman–Crippen MR) is 69.5 cm³/mol. The van der Waals surface area contributed by atoms with Crippen molar-refractivity contribution in [2.75, 3.05) is 13.1 Å². The fourth-order valence-corrected chi connectivity index (χ4v) is 3.03. The zero-order valence-corrected chi connectivity index (χ0v) is 11.2. The van der Waals surface area contributed by atoms with E-state index in [1.165, 1.54) is 6.42 Å². The van der Waals surface area contributed by atoms with Crippen LogP contribution < -0.4 is 5.73 Å². The maximum absolute atomic E-state index is 12.2. The number of nitrogens with two attached hydrogens (primary N) is 1. The number of piperidine rings is 1. The number of carbonyl (C=O) groups excluding carboxylic acids is 1. The first-order valence-electron chi connectivity index (χ1n) is 7.01. The Morgan fingerprint density at radius 1 is 1.29 bits per heavy atom. The lowest BCUT2D eigenvalue weighted by Gasteiger charge is -2.37. The summed E-state index contributed by atoms with van der Waals surface area (Å²) in [6, 6.07) is 0.264. The second-order valence-electron chi connectivity index (χ2n) is 6.60. The maximum Gasteiger partial charge on any atom is 0.222 e. The first-order chi connectivity index (χ1) is 7.98. The highest BCUT2D eigenvalue weighted by Gasteiger charge is 2.31. The van der Waals surface area contributed by atoms with Gasteiger partial charge in [0.05, 0.1) is 0 Å². The van der Waals surface area contributed by atoms with Gasteiger partial charge < -0.3 is 10.6 Å². The van der Waals surface area contributed by atoms with E-state index >= 15 is 0 Å². The fourth-order valence-electron chi connectivity index (χ4n) is 3.03. The smallest absolute Gasteiger partial charge is 0.222 e. The summed E-state index contributed by atoms with van der Waals surface area (Å²) >= 11 is 0. The fraction of sp³-hybridized carbons (Fsp3) is 0.929. The average molecular weight is 238 g/mol. The largest absolute Gasteiger partial charge is 0.343 e. The lowest BCUT2D eigenvalue weighted by atomic mass is 9.82. The predicted octanol–water partition coefficient (Wildman–Crippen LogP) is 2.15. The molecule has 2 N–H and O–H groups in total. The third-order valence-electron chi connectivity index (χ3n) is 4.62. The molecule has 98 valence electrons. The number of nitrogens with zero attached hydrogens (tertiary/aromatic N) is 1. The molecule has 1 amide bonds. The lowest BCUT2D eigenvalue weighted by molar-refractivity contribution is -0.134. The third kappa shape index (κ3) is 3.21. The van der Waals surface area contributed by atoms with E-state index in [4.69, 9.17) is 5.73 Å². The Labute approximate surface area is 105 Å². The van der Waals surface area contributed by atoms with Crippen LogP contribution in [0.15, 0.2) is 0 Å². The molecule has 0 aromatic heterocycles. The van der Waals surface area contributed by atoms with E-state index in [0.717, 1.165) is 38.8 Å². The normalized spacial score (nSPS) is 32.8. The van der Waals surface area contributed by atoms with Crippen LogP contribution in [0.25, 0.3) is 0 Å². The highest BCUT2D eigenvalue weighted by Crippen LogP contribution is 2.32. The van der Waals surface area contributed by atoms with Crippen molar-refractivity contribution in [3.05, 3.63) is 0 Å². The molecule has 2 aliphatic rings. The van der Waals surface area contributed by atoms with Crippen molar-refractivity contribution < 1.29 is 4.79 Å². The molecule has 1 aliphatic carbocycles. The van der Waals surface area contributed by atoms with Gasteiger partial charge in [0.2, 0.25) is 5.91 Å². The number of likely N-dealkylation sites (tertiary alicyclic amines) is 1. The van der Waals surface area contributed by atoms with Crippen molar-refractivity contribution >= 4 is 5.91 Å². The zero-order chi connectivity index (χ0) is 12.5. The third-order valence-corrected chi connectivity index (χ3v) is 4.62. The van der Waals surface area contributed by atoms with Gasteiger partial charge in [0.15, 0.2) is 0 Å². The Kier molecular flexibility index (Phi) is 3.76. The number of hydrogen-bond acceptors (Lipinski definition) is 2. The van der Waals surface area contributed by atoms with Crippen LogP contribution in [0.1, 0.15) is 52.4 Å². The van der Waals surface area contributed by atoms with Crippen molar-refractivity contribution in [3.8, 4) is 0 Å². The van der Waals surface area contributed by atoms with E-state index in [-0.39, 0.29) is 6.04 Å². The van der Waals surface area contributed by atoms with Gasteiger partial charge in [-0.25, -0.2) is 0 Å². The summed E-state index contributed by atoms with van der Waals surface area (Å²) in [6.07, 6.45) is 6.40. The van der Waals surface area contributed by atoms with Gasteiger partial charge >= 0.3 is 0 Å². The van der Waals surface area contributed by atoms with E-state index in [2.05, 4.69) is 18.7 Å². The molecule has 3 nitrogen and oxygen atoms in total. The summed E-state index contributed by atoms with van der Waals surface area (Å²) in [5.41, 5.74) is 6.45. The molecule has 0 spiro atoms. The second kappa shape index (κ2) is 4.97. The minimum atomic E-state index is 0.264. The number of hydrogen-bond donors (Lipinski definition) is 1. The van der Waals surface area contributed by atoms with Gasteiger partial charge in [-0.05, 0) is 37.0 Å². The molecule has 1 saturated carbocycles. The summed E-state index contributed by atoms with van der Waals surface area (Å²) < 4.78 is 0. The lowest BCUT2D eigenvalue weighted by Crippen LogP contribution is -2.42. The molecule has 0 radical (unpaired) electrons. The van der Waals surface area contributed by atoms with Gasteiger partial charge in [-0.3, -0.25) is 4.79 Å². The standard InChI is InChI=1S/C14H26N2O/c1-14(2)6-8-16(9-7-14)13(17)10-11-4-3-5-12(11)15/h11-12H,3-10,15H2,1-2H3/t11-,12+/m0/s1. The minimum Gasteiger partial charge on any atom is -0.343 e. The summed E-state index contributed by atoms with van der Waals surface area (Å²) in [5.74, 6) is 0.778. The van der Waals surface area contributed by atoms with Crippen LogP contribution in [-0.2, 0) is 4.79 Å². The van der Waals surface area contributed by atoms with Crippen molar-refractivity contribution in [1.29, 1.82) is 0 Å². The Morgan fingerprint density at radius 3 is 2.47 bits per heavy atom. The van der Waals surface area contributed by atoms with Crippen LogP contribution in [0.3, 0.4) is 0 Å². The maximum atomic E-state index is 12.2. The first-order valence-corrected chi connectivity index (χ1v) is 7.01. The van der Waals surface area contributed by atoms with Gasteiger partial charge in [0.1, 0.15) is 0 Å². The molecular formula is C14H26N2O. The van der Waals surface area contributed by atoms with Crippen molar-refractivity contribution in [1.82, 2.24) is 4.90 Å². The van der Waals surface area contributed by atoms with E-state index in [9.17, 15) is 4.79 Å².